The molecule has 0 fully saturated rings. The van der Waals surface area contributed by atoms with Gasteiger partial charge in [-0.1, -0.05) is 0 Å². The maximum absolute atomic E-state index is 5.93. The summed E-state index contributed by atoms with van der Waals surface area (Å²) in [6, 6.07) is 0. The molecule has 0 bridgehead atoms. The Kier molecular flexibility index (Phi) is 4.61. The smallest absolute Gasteiger partial charge is 0.148 e. The molecule has 0 saturated carbocycles. The average Bonchev–Trinajstić information content (AvgIpc) is 2.50. The summed E-state index contributed by atoms with van der Waals surface area (Å²) in [5.74, 6) is 0.896. The molecule has 0 atom stereocenters. The second-order valence-corrected chi connectivity index (χ2v) is 4.01. The van der Waals surface area contributed by atoms with E-state index in [9.17, 15) is 0 Å². The van der Waals surface area contributed by atoms with Gasteiger partial charge in [0, 0.05) is 13.1 Å². The first-order valence-electron chi connectivity index (χ1n) is 5.74. The summed E-state index contributed by atoms with van der Waals surface area (Å²) in [4.78, 5) is 0. The molecule has 0 saturated heterocycles. The number of aryl methyl sites for hydroxylation is 2. The maximum Gasteiger partial charge on any atom is 0.148 e. The van der Waals surface area contributed by atoms with Crippen LogP contribution in [0, 0.1) is 6.92 Å². The van der Waals surface area contributed by atoms with Gasteiger partial charge in [0.2, 0.25) is 0 Å². The maximum atomic E-state index is 5.93. The predicted molar refractivity (Wildman–Crippen MR) is 66.6 cm³/mol. The first-order valence-corrected chi connectivity index (χ1v) is 5.74. The highest BCUT2D eigenvalue weighted by molar-refractivity contribution is 5.64. The topological polar surface area (TPSA) is 65.1 Å². The summed E-state index contributed by atoms with van der Waals surface area (Å²) in [6.45, 7) is 10.2. The van der Waals surface area contributed by atoms with Crippen molar-refractivity contribution in [3.63, 3.8) is 0 Å². The summed E-state index contributed by atoms with van der Waals surface area (Å²) in [7, 11) is 0. The Morgan fingerprint density at radius 1 is 1.50 bits per heavy atom. The molecule has 0 radical (unpaired) electrons. The molecule has 0 unspecified atom stereocenters. The second-order valence-electron chi connectivity index (χ2n) is 4.01. The Bertz CT molecular complexity index is 333. The number of nitrogens with zero attached hydrogens (tertiary/aromatic N) is 2. The minimum absolute atomic E-state index is 0.261. The minimum Gasteiger partial charge on any atom is -0.394 e. The highest BCUT2D eigenvalue weighted by atomic mass is 16.5. The van der Waals surface area contributed by atoms with Crippen LogP contribution in [0.2, 0.25) is 0 Å². The number of nitrogens with two attached hydrogens (primary N) is 1. The zero-order chi connectivity index (χ0) is 12.1. The van der Waals surface area contributed by atoms with Crippen molar-refractivity contribution in [1.82, 2.24) is 9.78 Å². The molecule has 0 aromatic carbocycles. The lowest BCUT2D eigenvalue weighted by atomic mass is 10.4. The number of ether oxygens (including phenoxy) is 1. The molecule has 3 N–H and O–H groups in total. The van der Waals surface area contributed by atoms with Crippen molar-refractivity contribution in [2.45, 2.75) is 40.3 Å². The third-order valence-corrected chi connectivity index (χ3v) is 2.32. The van der Waals surface area contributed by atoms with Crippen LogP contribution in [0.5, 0.6) is 0 Å². The zero-order valence-electron chi connectivity index (χ0n) is 10.6. The van der Waals surface area contributed by atoms with E-state index >= 15 is 0 Å². The SMILES string of the molecule is CCn1nc(C)c(N)c1NCCOC(C)C. The van der Waals surface area contributed by atoms with E-state index in [0.717, 1.165) is 30.3 Å². The van der Waals surface area contributed by atoms with Crippen LogP contribution in [0.15, 0.2) is 0 Å². The van der Waals surface area contributed by atoms with Gasteiger partial charge in [0.1, 0.15) is 5.82 Å². The van der Waals surface area contributed by atoms with Crippen LogP contribution in [-0.4, -0.2) is 29.0 Å². The third-order valence-electron chi connectivity index (χ3n) is 2.32. The standard InChI is InChI=1S/C11H22N4O/c1-5-15-11(10(12)9(4)14-15)13-6-7-16-8(2)3/h8,13H,5-7,12H2,1-4H3. The van der Waals surface area contributed by atoms with Crippen molar-refractivity contribution in [3.05, 3.63) is 5.69 Å². The Morgan fingerprint density at radius 2 is 2.19 bits per heavy atom. The fraction of sp³-hybridized carbons (Fsp3) is 0.727. The molecule has 0 aliphatic heterocycles. The lowest BCUT2D eigenvalue weighted by Crippen LogP contribution is -2.16. The lowest BCUT2D eigenvalue weighted by molar-refractivity contribution is 0.0870. The number of nitrogens with one attached hydrogen (secondary N) is 1. The van der Waals surface area contributed by atoms with Gasteiger partial charge in [0.25, 0.3) is 0 Å². The summed E-state index contributed by atoms with van der Waals surface area (Å²) in [6.07, 6.45) is 0.261. The Labute approximate surface area is 97.0 Å². The summed E-state index contributed by atoms with van der Waals surface area (Å²) >= 11 is 0. The van der Waals surface area contributed by atoms with Crippen LogP contribution >= 0.6 is 0 Å². The zero-order valence-corrected chi connectivity index (χ0v) is 10.6. The summed E-state index contributed by atoms with van der Waals surface area (Å²) < 4.78 is 7.33. The van der Waals surface area contributed by atoms with Crippen molar-refractivity contribution >= 4 is 11.5 Å². The van der Waals surface area contributed by atoms with Gasteiger partial charge in [-0.2, -0.15) is 5.10 Å². The number of anilines is 2. The molecule has 0 spiro atoms. The van der Waals surface area contributed by atoms with Gasteiger partial charge in [-0.15, -0.1) is 0 Å². The quantitative estimate of drug-likeness (QED) is 0.724. The molecule has 1 aromatic rings. The molecular weight excluding hydrogens is 204 g/mol. The van der Waals surface area contributed by atoms with Crippen LogP contribution in [0.25, 0.3) is 0 Å². The van der Waals surface area contributed by atoms with Gasteiger partial charge in [0.05, 0.1) is 24.1 Å². The fourth-order valence-corrected chi connectivity index (χ4v) is 1.47. The number of rotatable bonds is 6. The summed E-state index contributed by atoms with van der Waals surface area (Å²) in [5, 5.41) is 7.59. The Balaban J connectivity index is 2.52. The predicted octanol–water partition coefficient (Wildman–Crippen LogP) is 1.63. The van der Waals surface area contributed by atoms with Crippen molar-refractivity contribution in [1.29, 1.82) is 0 Å². The summed E-state index contributed by atoms with van der Waals surface area (Å²) in [5.41, 5.74) is 7.53. The van der Waals surface area contributed by atoms with Crippen LogP contribution < -0.4 is 11.1 Å². The largest absolute Gasteiger partial charge is 0.394 e. The second kappa shape index (κ2) is 5.75. The van der Waals surface area contributed by atoms with Crippen LogP contribution in [0.3, 0.4) is 0 Å². The van der Waals surface area contributed by atoms with E-state index in [2.05, 4.69) is 10.4 Å². The van der Waals surface area contributed by atoms with E-state index < -0.39 is 0 Å². The molecule has 5 heteroatoms. The third kappa shape index (κ3) is 3.13. The van der Waals surface area contributed by atoms with Gasteiger partial charge in [-0.3, -0.25) is 0 Å². The van der Waals surface area contributed by atoms with Gasteiger partial charge in [-0.05, 0) is 27.7 Å². The molecule has 1 rings (SSSR count). The number of nitrogen functional groups attached to an aromatic ring is 1. The average molecular weight is 226 g/mol. The molecule has 1 aromatic heterocycles. The lowest BCUT2D eigenvalue weighted by Gasteiger charge is -2.11. The Hall–Kier alpha value is -1.23. The van der Waals surface area contributed by atoms with E-state index in [4.69, 9.17) is 10.5 Å². The molecule has 0 amide bonds. The van der Waals surface area contributed by atoms with Crippen LogP contribution in [0.4, 0.5) is 11.5 Å². The highest BCUT2D eigenvalue weighted by Crippen LogP contribution is 2.21. The first-order chi connectivity index (χ1) is 7.56. The number of hydrogen-bond donors (Lipinski definition) is 2. The van der Waals surface area contributed by atoms with Gasteiger partial charge in [0.15, 0.2) is 0 Å². The highest BCUT2D eigenvalue weighted by Gasteiger charge is 2.10. The molecule has 5 nitrogen and oxygen atoms in total. The van der Waals surface area contributed by atoms with Gasteiger partial charge >= 0.3 is 0 Å². The molecule has 0 aliphatic carbocycles. The molecule has 0 aliphatic rings. The van der Waals surface area contributed by atoms with Gasteiger partial charge < -0.3 is 15.8 Å². The van der Waals surface area contributed by atoms with E-state index in [0.29, 0.717) is 6.61 Å². The van der Waals surface area contributed by atoms with Crippen molar-refractivity contribution in [3.8, 4) is 0 Å². The van der Waals surface area contributed by atoms with E-state index in [1.807, 2.05) is 32.4 Å². The Morgan fingerprint density at radius 3 is 2.75 bits per heavy atom. The fourth-order valence-electron chi connectivity index (χ4n) is 1.47. The van der Waals surface area contributed by atoms with E-state index in [-0.39, 0.29) is 6.10 Å². The van der Waals surface area contributed by atoms with Crippen molar-refractivity contribution in [2.75, 3.05) is 24.2 Å². The normalized spacial score (nSPS) is 11.1. The number of aromatic nitrogens is 2. The molecule has 16 heavy (non-hydrogen) atoms. The number of hydrogen-bond acceptors (Lipinski definition) is 4. The van der Waals surface area contributed by atoms with Crippen LogP contribution in [-0.2, 0) is 11.3 Å². The molecule has 92 valence electrons. The van der Waals surface area contributed by atoms with Crippen molar-refractivity contribution < 1.29 is 4.74 Å². The van der Waals surface area contributed by atoms with Gasteiger partial charge in [-0.25, -0.2) is 4.68 Å². The van der Waals surface area contributed by atoms with E-state index in [1.54, 1.807) is 0 Å². The van der Waals surface area contributed by atoms with E-state index in [1.165, 1.54) is 0 Å². The van der Waals surface area contributed by atoms with Crippen LogP contribution in [0.1, 0.15) is 26.5 Å². The molecule has 1 heterocycles. The van der Waals surface area contributed by atoms with Crippen molar-refractivity contribution in [2.24, 2.45) is 0 Å². The minimum atomic E-state index is 0.261. The monoisotopic (exact) mass is 226 g/mol. The molecular formula is C11H22N4O. The first kappa shape index (κ1) is 12.8.